The van der Waals surface area contributed by atoms with Crippen LogP contribution in [0.3, 0.4) is 0 Å². The number of halogens is 1. The fourth-order valence-corrected chi connectivity index (χ4v) is 4.90. The molecule has 22 heavy (non-hydrogen) atoms. The van der Waals surface area contributed by atoms with Crippen molar-refractivity contribution in [2.75, 3.05) is 0 Å². The highest BCUT2D eigenvalue weighted by Gasteiger charge is 2.38. The van der Waals surface area contributed by atoms with Crippen LogP contribution < -0.4 is 0 Å². The van der Waals surface area contributed by atoms with Gasteiger partial charge in [-0.2, -0.15) is 8.42 Å². The Balaban J connectivity index is 2.04. The summed E-state index contributed by atoms with van der Waals surface area (Å²) in [5.74, 6) is 0.385. The largest absolute Gasteiger partial charge is 0.297 e. The van der Waals surface area contributed by atoms with Gasteiger partial charge in [-0.1, -0.05) is 38.5 Å². The van der Waals surface area contributed by atoms with Gasteiger partial charge in [0.2, 0.25) is 0 Å². The van der Waals surface area contributed by atoms with Crippen LogP contribution in [0, 0.1) is 18.3 Å². The van der Waals surface area contributed by atoms with Gasteiger partial charge in [0.25, 0.3) is 10.1 Å². The van der Waals surface area contributed by atoms with Crippen molar-refractivity contribution in [3.05, 3.63) is 29.8 Å². The van der Waals surface area contributed by atoms with Gasteiger partial charge in [-0.25, -0.2) is 0 Å². The summed E-state index contributed by atoms with van der Waals surface area (Å²) in [6.45, 7) is 8.45. The highest BCUT2D eigenvalue weighted by atomic mass is 35.5. The summed E-state index contributed by atoms with van der Waals surface area (Å²) in [5.41, 5.74) is 1.15. The van der Waals surface area contributed by atoms with Gasteiger partial charge in [-0.05, 0) is 49.7 Å². The minimum absolute atomic E-state index is 0.0491. The lowest BCUT2D eigenvalue weighted by Crippen LogP contribution is -2.38. The fraction of sp³-hybridized carbons (Fsp3) is 0.647. The standard InChI is InChI=1S/C17H25ClO3S/c1-12-5-8-14(9-6-12)22(19,20)21-13-7-10-15(16(18)11-13)17(2,3)4/h5-6,8-9,13,15-16H,7,10-11H2,1-4H3/t13-,15+,16-/m1/s1. The molecule has 2 rings (SSSR count). The number of hydrogen-bond donors (Lipinski definition) is 0. The topological polar surface area (TPSA) is 43.4 Å². The van der Waals surface area contributed by atoms with Crippen LogP contribution in [-0.4, -0.2) is 19.9 Å². The lowest BCUT2D eigenvalue weighted by Gasteiger charge is -2.40. The van der Waals surface area contributed by atoms with Crippen LogP contribution in [0.2, 0.25) is 0 Å². The van der Waals surface area contributed by atoms with Crippen molar-refractivity contribution in [3.8, 4) is 0 Å². The molecular weight excluding hydrogens is 320 g/mol. The van der Waals surface area contributed by atoms with Gasteiger partial charge < -0.3 is 0 Å². The van der Waals surface area contributed by atoms with E-state index in [9.17, 15) is 8.42 Å². The van der Waals surface area contributed by atoms with Crippen molar-refractivity contribution >= 4 is 21.7 Å². The van der Waals surface area contributed by atoms with Crippen molar-refractivity contribution in [1.82, 2.24) is 0 Å². The highest BCUT2D eigenvalue weighted by molar-refractivity contribution is 7.86. The molecular formula is C17H25ClO3S. The molecule has 0 saturated heterocycles. The van der Waals surface area contributed by atoms with E-state index in [0.29, 0.717) is 12.3 Å². The lowest BCUT2D eigenvalue weighted by atomic mass is 9.71. The van der Waals surface area contributed by atoms with Crippen LogP contribution in [-0.2, 0) is 14.3 Å². The zero-order valence-electron chi connectivity index (χ0n) is 13.7. The third kappa shape index (κ3) is 4.24. The summed E-state index contributed by atoms with van der Waals surface area (Å²) in [6.07, 6.45) is 1.88. The summed E-state index contributed by atoms with van der Waals surface area (Å²) < 4.78 is 30.1. The van der Waals surface area contributed by atoms with E-state index in [-0.39, 0.29) is 21.8 Å². The molecule has 3 nitrogen and oxygen atoms in total. The van der Waals surface area contributed by atoms with Crippen LogP contribution in [0.1, 0.15) is 45.6 Å². The molecule has 0 radical (unpaired) electrons. The van der Waals surface area contributed by atoms with Crippen LogP contribution >= 0.6 is 11.6 Å². The van der Waals surface area contributed by atoms with Crippen molar-refractivity contribution in [3.63, 3.8) is 0 Å². The molecule has 1 fully saturated rings. The smallest absolute Gasteiger partial charge is 0.263 e. The Kier molecular flexibility index (Phi) is 5.25. The molecule has 1 aliphatic carbocycles. The maximum absolute atomic E-state index is 12.3. The van der Waals surface area contributed by atoms with Gasteiger partial charge in [-0.3, -0.25) is 4.18 Å². The van der Waals surface area contributed by atoms with Crippen LogP contribution in [0.15, 0.2) is 29.2 Å². The van der Waals surface area contributed by atoms with Gasteiger partial charge >= 0.3 is 0 Å². The minimum atomic E-state index is -3.71. The lowest BCUT2D eigenvalue weighted by molar-refractivity contribution is 0.0962. The van der Waals surface area contributed by atoms with Gasteiger partial charge in [0.1, 0.15) is 0 Å². The first kappa shape index (κ1) is 17.8. The van der Waals surface area contributed by atoms with E-state index in [0.717, 1.165) is 18.4 Å². The van der Waals surface area contributed by atoms with Crippen LogP contribution in [0.25, 0.3) is 0 Å². The zero-order valence-corrected chi connectivity index (χ0v) is 15.2. The molecule has 0 unspecified atom stereocenters. The second kappa shape index (κ2) is 6.50. The molecule has 124 valence electrons. The zero-order chi connectivity index (χ0) is 16.5. The molecule has 1 saturated carbocycles. The highest BCUT2D eigenvalue weighted by Crippen LogP contribution is 2.41. The molecule has 3 atom stereocenters. The molecule has 0 bridgehead atoms. The predicted molar refractivity (Wildman–Crippen MR) is 89.7 cm³/mol. The molecule has 5 heteroatoms. The normalized spacial score (nSPS) is 26.9. The first-order valence-corrected chi connectivity index (χ1v) is 9.58. The van der Waals surface area contributed by atoms with E-state index in [1.54, 1.807) is 24.3 Å². The Morgan fingerprint density at radius 2 is 1.73 bits per heavy atom. The summed E-state index contributed by atoms with van der Waals surface area (Å²) in [5, 5.41) is -0.0491. The van der Waals surface area contributed by atoms with E-state index < -0.39 is 10.1 Å². The predicted octanol–water partition coefficient (Wildman–Crippen LogP) is 4.52. The van der Waals surface area contributed by atoms with Gasteiger partial charge in [0, 0.05) is 5.38 Å². The maximum atomic E-state index is 12.3. The second-order valence-corrected chi connectivity index (χ2v) is 9.42. The number of aryl methyl sites for hydroxylation is 1. The average Bonchev–Trinajstić information content (AvgIpc) is 2.37. The molecule has 1 aromatic carbocycles. The van der Waals surface area contributed by atoms with E-state index >= 15 is 0 Å². The van der Waals surface area contributed by atoms with Crippen LogP contribution in [0.5, 0.6) is 0 Å². The van der Waals surface area contributed by atoms with Crippen molar-refractivity contribution in [2.45, 2.75) is 63.3 Å². The SMILES string of the molecule is Cc1ccc(S(=O)(=O)O[C@@H]2CC[C@H](C(C)(C)C)[C@H](Cl)C2)cc1. The Morgan fingerprint density at radius 3 is 2.23 bits per heavy atom. The molecule has 0 spiro atoms. The summed E-state index contributed by atoms with van der Waals surface area (Å²) in [7, 11) is -3.71. The maximum Gasteiger partial charge on any atom is 0.297 e. The third-order valence-corrected chi connectivity index (χ3v) is 6.27. The number of alkyl halides is 1. The van der Waals surface area contributed by atoms with E-state index in [4.69, 9.17) is 15.8 Å². The molecule has 0 N–H and O–H groups in total. The number of hydrogen-bond acceptors (Lipinski definition) is 3. The number of rotatable bonds is 3. The quantitative estimate of drug-likeness (QED) is 0.598. The van der Waals surface area contributed by atoms with Crippen molar-refractivity contribution in [2.24, 2.45) is 11.3 Å². The second-order valence-electron chi connectivity index (χ2n) is 7.29. The third-order valence-electron chi connectivity index (χ3n) is 4.41. The summed E-state index contributed by atoms with van der Waals surface area (Å²) in [4.78, 5) is 0.210. The molecule has 0 amide bonds. The minimum Gasteiger partial charge on any atom is -0.263 e. The molecule has 1 aromatic rings. The van der Waals surface area contributed by atoms with Gasteiger partial charge in [-0.15, -0.1) is 11.6 Å². The Labute approximate surface area is 139 Å². The number of benzene rings is 1. The van der Waals surface area contributed by atoms with Crippen molar-refractivity contribution in [1.29, 1.82) is 0 Å². The van der Waals surface area contributed by atoms with E-state index in [1.165, 1.54) is 0 Å². The van der Waals surface area contributed by atoms with E-state index in [2.05, 4.69) is 20.8 Å². The first-order chi connectivity index (χ1) is 10.1. The Morgan fingerprint density at radius 1 is 1.14 bits per heavy atom. The van der Waals surface area contributed by atoms with Crippen molar-refractivity contribution < 1.29 is 12.6 Å². The van der Waals surface area contributed by atoms with Crippen LogP contribution in [0.4, 0.5) is 0 Å². The molecule has 0 aromatic heterocycles. The fourth-order valence-electron chi connectivity index (χ4n) is 3.08. The van der Waals surface area contributed by atoms with Gasteiger partial charge in [0.05, 0.1) is 11.0 Å². The average molecular weight is 345 g/mol. The molecule has 1 aliphatic rings. The summed E-state index contributed by atoms with van der Waals surface area (Å²) >= 11 is 6.48. The molecule has 0 aliphatic heterocycles. The van der Waals surface area contributed by atoms with Gasteiger partial charge in [0.15, 0.2) is 0 Å². The Bertz CT molecular complexity index is 602. The molecule has 0 heterocycles. The monoisotopic (exact) mass is 344 g/mol. The van der Waals surface area contributed by atoms with E-state index in [1.807, 2.05) is 6.92 Å². The first-order valence-electron chi connectivity index (χ1n) is 7.73. The Hall–Kier alpha value is -0.580. The summed E-state index contributed by atoms with van der Waals surface area (Å²) in [6, 6.07) is 6.72.